The van der Waals surface area contributed by atoms with Crippen LogP contribution in [0.15, 0.2) is 18.2 Å². The molecule has 1 atom stereocenters. The highest BCUT2D eigenvalue weighted by Crippen LogP contribution is 2.27. The molecule has 1 aliphatic rings. The summed E-state index contributed by atoms with van der Waals surface area (Å²) in [4.78, 5) is 14.2. The van der Waals surface area contributed by atoms with E-state index in [1.807, 2.05) is 0 Å². The molecule has 0 aliphatic carbocycles. The number of ether oxygens (including phenoxy) is 1. The predicted octanol–water partition coefficient (Wildman–Crippen LogP) is 3.34. The minimum absolute atomic E-state index is 0.106. The van der Waals surface area contributed by atoms with E-state index in [1.165, 1.54) is 19.2 Å². The van der Waals surface area contributed by atoms with Crippen LogP contribution < -0.4 is 4.74 Å². The Hall–Kier alpha value is -1.58. The quantitative estimate of drug-likeness (QED) is 0.846. The van der Waals surface area contributed by atoms with Gasteiger partial charge in [-0.1, -0.05) is 19.9 Å². The molecular formula is C16H22FNO2. The first kappa shape index (κ1) is 14.8. The van der Waals surface area contributed by atoms with Gasteiger partial charge >= 0.3 is 0 Å². The van der Waals surface area contributed by atoms with Gasteiger partial charge in [0.25, 0.3) is 5.91 Å². The predicted molar refractivity (Wildman–Crippen MR) is 76.4 cm³/mol. The topological polar surface area (TPSA) is 29.5 Å². The zero-order valence-electron chi connectivity index (χ0n) is 12.4. The van der Waals surface area contributed by atoms with Crippen molar-refractivity contribution in [1.29, 1.82) is 0 Å². The highest BCUT2D eigenvalue weighted by molar-refractivity contribution is 5.95. The number of carbonyl (C=O) groups is 1. The minimum Gasteiger partial charge on any atom is -0.494 e. The maximum Gasteiger partial charge on any atom is 0.256 e. The van der Waals surface area contributed by atoms with Crippen molar-refractivity contribution in [2.24, 2.45) is 11.8 Å². The molecule has 0 saturated carbocycles. The van der Waals surface area contributed by atoms with Gasteiger partial charge in [-0.3, -0.25) is 4.79 Å². The van der Waals surface area contributed by atoms with Crippen LogP contribution in [0, 0.1) is 17.7 Å². The Labute approximate surface area is 119 Å². The lowest BCUT2D eigenvalue weighted by Crippen LogP contribution is -2.29. The van der Waals surface area contributed by atoms with Crippen molar-refractivity contribution in [3.05, 3.63) is 29.6 Å². The van der Waals surface area contributed by atoms with Crippen molar-refractivity contribution in [3.8, 4) is 5.75 Å². The zero-order chi connectivity index (χ0) is 14.7. The molecule has 0 bridgehead atoms. The van der Waals surface area contributed by atoms with E-state index in [9.17, 15) is 9.18 Å². The van der Waals surface area contributed by atoms with Crippen molar-refractivity contribution < 1.29 is 13.9 Å². The van der Waals surface area contributed by atoms with E-state index in [4.69, 9.17) is 4.74 Å². The zero-order valence-corrected chi connectivity index (χ0v) is 12.4. The number of carbonyl (C=O) groups excluding carboxylic acids is 1. The largest absolute Gasteiger partial charge is 0.494 e. The van der Waals surface area contributed by atoms with Gasteiger partial charge in [-0.15, -0.1) is 0 Å². The number of likely N-dealkylation sites (tertiary alicyclic amines) is 1. The average Bonchev–Trinajstić information content (AvgIpc) is 2.86. The lowest BCUT2D eigenvalue weighted by atomic mass is 9.97. The molecule has 110 valence electrons. The van der Waals surface area contributed by atoms with E-state index in [2.05, 4.69) is 13.8 Å². The molecule has 0 radical (unpaired) electrons. The van der Waals surface area contributed by atoms with Crippen molar-refractivity contribution in [3.63, 3.8) is 0 Å². The van der Waals surface area contributed by atoms with Crippen molar-refractivity contribution >= 4 is 5.91 Å². The summed E-state index contributed by atoms with van der Waals surface area (Å²) in [5, 5.41) is 0. The van der Waals surface area contributed by atoms with Gasteiger partial charge in [-0.25, -0.2) is 4.39 Å². The molecule has 1 aromatic rings. The molecule has 0 spiro atoms. The van der Waals surface area contributed by atoms with Gasteiger partial charge in [0.15, 0.2) is 11.6 Å². The van der Waals surface area contributed by atoms with E-state index >= 15 is 0 Å². The summed E-state index contributed by atoms with van der Waals surface area (Å²) in [6, 6.07) is 4.70. The molecule has 2 rings (SSSR count). The molecule has 1 heterocycles. The molecule has 0 aromatic heterocycles. The van der Waals surface area contributed by atoms with Gasteiger partial charge in [0.05, 0.1) is 12.7 Å². The third-order valence-corrected chi connectivity index (χ3v) is 3.79. The summed E-state index contributed by atoms with van der Waals surface area (Å²) in [6.07, 6.45) is 2.12. The van der Waals surface area contributed by atoms with Crippen molar-refractivity contribution in [2.75, 3.05) is 20.2 Å². The third-order valence-electron chi connectivity index (χ3n) is 3.79. The maximum absolute atomic E-state index is 14.1. The lowest BCUT2D eigenvalue weighted by Gasteiger charge is -2.18. The smallest absolute Gasteiger partial charge is 0.256 e. The van der Waals surface area contributed by atoms with E-state index in [-0.39, 0.29) is 17.2 Å². The number of hydrogen-bond donors (Lipinski definition) is 0. The second kappa shape index (κ2) is 6.25. The summed E-state index contributed by atoms with van der Waals surface area (Å²) >= 11 is 0. The second-order valence-electron chi connectivity index (χ2n) is 5.86. The van der Waals surface area contributed by atoms with E-state index in [1.54, 1.807) is 11.0 Å². The molecule has 3 nitrogen and oxygen atoms in total. The fraction of sp³-hybridized carbons (Fsp3) is 0.562. The Balaban J connectivity index is 2.09. The number of amides is 1. The fourth-order valence-corrected chi connectivity index (χ4v) is 2.88. The Morgan fingerprint density at radius 1 is 1.50 bits per heavy atom. The van der Waals surface area contributed by atoms with Gasteiger partial charge < -0.3 is 9.64 Å². The number of methoxy groups -OCH3 is 1. The summed E-state index contributed by atoms with van der Waals surface area (Å²) in [5.74, 6) is 0.491. The summed E-state index contributed by atoms with van der Waals surface area (Å²) in [5.41, 5.74) is 0.106. The molecule has 20 heavy (non-hydrogen) atoms. The lowest BCUT2D eigenvalue weighted by molar-refractivity contribution is 0.0780. The van der Waals surface area contributed by atoms with Crippen molar-refractivity contribution in [1.82, 2.24) is 4.90 Å². The molecule has 1 fully saturated rings. The van der Waals surface area contributed by atoms with Crippen LogP contribution in [-0.4, -0.2) is 31.0 Å². The first-order valence-corrected chi connectivity index (χ1v) is 7.14. The van der Waals surface area contributed by atoms with Crippen LogP contribution in [0.1, 0.15) is 37.0 Å². The monoisotopic (exact) mass is 279 g/mol. The standard InChI is InChI=1S/C16H22FNO2/c1-11(2)9-12-7-8-18(10-12)16(19)13-5-4-6-14(20-3)15(13)17/h4-6,11-12H,7-10H2,1-3H3/t12-/m1/s1. The van der Waals surface area contributed by atoms with Gasteiger partial charge in [0.1, 0.15) is 0 Å². The van der Waals surface area contributed by atoms with Crippen LogP contribution in [0.5, 0.6) is 5.75 Å². The first-order valence-electron chi connectivity index (χ1n) is 7.14. The van der Waals surface area contributed by atoms with Crippen LogP contribution in [0.2, 0.25) is 0 Å². The molecule has 1 aliphatic heterocycles. The maximum atomic E-state index is 14.1. The van der Waals surface area contributed by atoms with Gasteiger partial charge in [-0.05, 0) is 36.8 Å². The summed E-state index contributed by atoms with van der Waals surface area (Å²) < 4.78 is 19.0. The molecule has 0 N–H and O–H groups in total. The summed E-state index contributed by atoms with van der Waals surface area (Å²) in [7, 11) is 1.40. The molecule has 1 saturated heterocycles. The molecule has 1 amide bonds. The van der Waals surface area contributed by atoms with Gasteiger partial charge in [-0.2, -0.15) is 0 Å². The Kier molecular flexibility index (Phi) is 4.63. The van der Waals surface area contributed by atoms with Gasteiger partial charge in [0, 0.05) is 13.1 Å². The van der Waals surface area contributed by atoms with Crippen LogP contribution >= 0.6 is 0 Å². The Bertz CT molecular complexity index is 487. The fourth-order valence-electron chi connectivity index (χ4n) is 2.88. The van der Waals surface area contributed by atoms with E-state index in [0.29, 0.717) is 18.4 Å². The average molecular weight is 279 g/mol. The third kappa shape index (κ3) is 3.11. The number of benzene rings is 1. The molecule has 4 heteroatoms. The number of nitrogens with zero attached hydrogens (tertiary/aromatic N) is 1. The second-order valence-corrected chi connectivity index (χ2v) is 5.86. The minimum atomic E-state index is -0.563. The Morgan fingerprint density at radius 2 is 2.25 bits per heavy atom. The number of rotatable bonds is 4. The Morgan fingerprint density at radius 3 is 2.90 bits per heavy atom. The van der Waals surface area contributed by atoms with Crippen LogP contribution in [0.3, 0.4) is 0 Å². The molecular weight excluding hydrogens is 257 g/mol. The number of halogens is 1. The summed E-state index contributed by atoms with van der Waals surface area (Å²) in [6.45, 7) is 5.82. The highest BCUT2D eigenvalue weighted by atomic mass is 19.1. The van der Waals surface area contributed by atoms with Crippen molar-refractivity contribution in [2.45, 2.75) is 26.7 Å². The van der Waals surface area contributed by atoms with Crippen LogP contribution in [0.4, 0.5) is 4.39 Å². The SMILES string of the molecule is COc1cccc(C(=O)N2CC[C@H](CC(C)C)C2)c1F. The van der Waals surface area contributed by atoms with E-state index in [0.717, 1.165) is 19.4 Å². The number of hydrogen-bond acceptors (Lipinski definition) is 2. The van der Waals surface area contributed by atoms with Gasteiger partial charge in [0.2, 0.25) is 0 Å². The highest BCUT2D eigenvalue weighted by Gasteiger charge is 2.29. The molecule has 1 aromatic carbocycles. The first-order chi connectivity index (χ1) is 9.52. The molecule has 0 unspecified atom stereocenters. The van der Waals surface area contributed by atoms with E-state index < -0.39 is 5.82 Å². The normalized spacial score (nSPS) is 18.6. The van der Waals surface area contributed by atoms with Crippen LogP contribution in [0.25, 0.3) is 0 Å². The van der Waals surface area contributed by atoms with Crippen LogP contribution in [-0.2, 0) is 0 Å².